The van der Waals surface area contributed by atoms with Crippen LogP contribution in [0.25, 0.3) is 0 Å². The standard InChI is InChI=1S/C9H15N3O2S/c1-6(8(14)10-2)15-9-11-4-7(5-13)12(9)3/h4,6,13H,5H2,1-3H3,(H,10,14). The third-order valence-electron chi connectivity index (χ3n) is 2.10. The molecule has 0 aliphatic carbocycles. The minimum absolute atomic E-state index is 0.0338. The van der Waals surface area contributed by atoms with Crippen molar-refractivity contribution in [3.05, 3.63) is 11.9 Å². The molecular weight excluding hydrogens is 214 g/mol. The van der Waals surface area contributed by atoms with Crippen molar-refractivity contribution in [1.82, 2.24) is 14.9 Å². The van der Waals surface area contributed by atoms with E-state index in [1.165, 1.54) is 11.8 Å². The number of nitrogens with zero attached hydrogens (tertiary/aromatic N) is 2. The molecule has 0 saturated heterocycles. The van der Waals surface area contributed by atoms with E-state index in [0.29, 0.717) is 0 Å². The number of aliphatic hydroxyl groups excluding tert-OH is 1. The Bertz CT molecular complexity index is 351. The van der Waals surface area contributed by atoms with Crippen LogP contribution in [0.4, 0.5) is 0 Å². The number of carbonyl (C=O) groups is 1. The summed E-state index contributed by atoms with van der Waals surface area (Å²) in [6.45, 7) is 1.77. The smallest absolute Gasteiger partial charge is 0.233 e. The first kappa shape index (κ1) is 12.1. The Morgan fingerprint density at radius 2 is 2.47 bits per heavy atom. The molecule has 2 N–H and O–H groups in total. The Morgan fingerprint density at radius 1 is 1.80 bits per heavy atom. The number of rotatable bonds is 4. The zero-order valence-corrected chi connectivity index (χ0v) is 9.84. The molecule has 1 atom stereocenters. The molecule has 1 heterocycles. The fraction of sp³-hybridized carbons (Fsp3) is 0.556. The van der Waals surface area contributed by atoms with Crippen LogP contribution in [-0.2, 0) is 18.4 Å². The minimum Gasteiger partial charge on any atom is -0.390 e. The topological polar surface area (TPSA) is 67.2 Å². The molecule has 0 radical (unpaired) electrons. The van der Waals surface area contributed by atoms with Gasteiger partial charge < -0.3 is 15.0 Å². The number of carbonyl (C=O) groups excluding carboxylic acids is 1. The molecule has 0 saturated carbocycles. The molecule has 1 aromatic rings. The Hall–Kier alpha value is -1.01. The Labute approximate surface area is 92.9 Å². The molecule has 0 fully saturated rings. The number of imidazole rings is 1. The molecule has 1 aromatic heterocycles. The molecule has 1 rings (SSSR count). The summed E-state index contributed by atoms with van der Waals surface area (Å²) in [7, 11) is 3.43. The van der Waals surface area contributed by atoms with E-state index in [-0.39, 0.29) is 17.8 Å². The predicted molar refractivity (Wildman–Crippen MR) is 58.5 cm³/mol. The van der Waals surface area contributed by atoms with Crippen LogP contribution < -0.4 is 5.32 Å². The van der Waals surface area contributed by atoms with Gasteiger partial charge in [-0.1, -0.05) is 11.8 Å². The second kappa shape index (κ2) is 5.18. The van der Waals surface area contributed by atoms with Gasteiger partial charge in [-0.25, -0.2) is 4.98 Å². The van der Waals surface area contributed by atoms with E-state index >= 15 is 0 Å². The molecule has 0 aliphatic rings. The average Bonchev–Trinajstić information content (AvgIpc) is 2.58. The van der Waals surface area contributed by atoms with Crippen molar-refractivity contribution < 1.29 is 9.90 Å². The van der Waals surface area contributed by atoms with E-state index in [1.807, 2.05) is 14.0 Å². The Balaban J connectivity index is 2.72. The van der Waals surface area contributed by atoms with Gasteiger partial charge >= 0.3 is 0 Å². The molecule has 0 bridgehead atoms. The lowest BCUT2D eigenvalue weighted by molar-refractivity contribution is -0.119. The lowest BCUT2D eigenvalue weighted by Crippen LogP contribution is -2.27. The van der Waals surface area contributed by atoms with Crippen LogP contribution >= 0.6 is 11.8 Å². The maximum absolute atomic E-state index is 11.3. The van der Waals surface area contributed by atoms with E-state index in [4.69, 9.17) is 5.11 Å². The van der Waals surface area contributed by atoms with Crippen LogP contribution in [0.15, 0.2) is 11.4 Å². The summed E-state index contributed by atoms with van der Waals surface area (Å²) in [5, 5.41) is 12.1. The molecule has 15 heavy (non-hydrogen) atoms. The van der Waals surface area contributed by atoms with Crippen molar-refractivity contribution in [1.29, 1.82) is 0 Å². The lowest BCUT2D eigenvalue weighted by atomic mass is 10.4. The van der Waals surface area contributed by atoms with Gasteiger partial charge in [-0.15, -0.1) is 0 Å². The zero-order chi connectivity index (χ0) is 11.4. The number of amides is 1. The summed E-state index contributed by atoms with van der Waals surface area (Å²) in [4.78, 5) is 15.4. The highest BCUT2D eigenvalue weighted by Gasteiger charge is 2.16. The molecule has 5 nitrogen and oxygen atoms in total. The van der Waals surface area contributed by atoms with E-state index in [2.05, 4.69) is 10.3 Å². The van der Waals surface area contributed by atoms with Crippen molar-refractivity contribution in [3.63, 3.8) is 0 Å². The number of hydrogen-bond donors (Lipinski definition) is 2. The summed E-state index contributed by atoms with van der Waals surface area (Å²) in [6.07, 6.45) is 1.61. The van der Waals surface area contributed by atoms with E-state index < -0.39 is 0 Å². The first-order valence-electron chi connectivity index (χ1n) is 4.59. The van der Waals surface area contributed by atoms with E-state index in [1.54, 1.807) is 17.8 Å². The van der Waals surface area contributed by atoms with Gasteiger partial charge in [0.25, 0.3) is 0 Å². The molecule has 0 spiro atoms. The highest BCUT2D eigenvalue weighted by molar-refractivity contribution is 8.00. The van der Waals surface area contributed by atoms with Gasteiger partial charge in [0.15, 0.2) is 5.16 Å². The van der Waals surface area contributed by atoms with Crippen LogP contribution in [-0.4, -0.2) is 32.9 Å². The van der Waals surface area contributed by atoms with Crippen molar-refractivity contribution in [3.8, 4) is 0 Å². The number of aliphatic hydroxyl groups is 1. The minimum atomic E-state index is -0.192. The van der Waals surface area contributed by atoms with Crippen LogP contribution in [0, 0.1) is 0 Å². The van der Waals surface area contributed by atoms with Gasteiger partial charge in [-0.05, 0) is 6.92 Å². The Kier molecular flexibility index (Phi) is 4.16. The third-order valence-corrected chi connectivity index (χ3v) is 3.26. The summed E-state index contributed by atoms with van der Waals surface area (Å²) in [5.41, 5.74) is 0.738. The second-order valence-electron chi connectivity index (χ2n) is 3.12. The van der Waals surface area contributed by atoms with Gasteiger partial charge in [0.05, 0.1) is 23.7 Å². The fourth-order valence-corrected chi connectivity index (χ4v) is 2.03. The van der Waals surface area contributed by atoms with Crippen molar-refractivity contribution in [2.75, 3.05) is 7.05 Å². The highest BCUT2D eigenvalue weighted by atomic mass is 32.2. The molecule has 0 aromatic carbocycles. The summed E-state index contributed by atoms with van der Waals surface area (Å²) in [6, 6.07) is 0. The molecule has 0 aliphatic heterocycles. The van der Waals surface area contributed by atoms with Gasteiger partial charge in [0.1, 0.15) is 0 Å². The number of aromatic nitrogens is 2. The second-order valence-corrected chi connectivity index (χ2v) is 4.43. The molecular formula is C9H15N3O2S. The summed E-state index contributed by atoms with van der Waals surface area (Å²) in [5.74, 6) is -0.0338. The maximum Gasteiger partial charge on any atom is 0.233 e. The highest BCUT2D eigenvalue weighted by Crippen LogP contribution is 2.22. The SMILES string of the molecule is CNC(=O)C(C)Sc1ncc(CO)n1C. The quantitative estimate of drug-likeness (QED) is 0.721. The zero-order valence-electron chi connectivity index (χ0n) is 9.02. The van der Waals surface area contributed by atoms with Gasteiger partial charge in [-0.3, -0.25) is 4.79 Å². The van der Waals surface area contributed by atoms with Crippen molar-refractivity contribution >= 4 is 17.7 Å². The number of nitrogens with one attached hydrogen (secondary N) is 1. The van der Waals surface area contributed by atoms with E-state index in [9.17, 15) is 4.79 Å². The molecule has 84 valence electrons. The van der Waals surface area contributed by atoms with Crippen molar-refractivity contribution in [2.45, 2.75) is 23.9 Å². The van der Waals surface area contributed by atoms with Crippen molar-refractivity contribution in [2.24, 2.45) is 7.05 Å². The first-order chi connectivity index (χ1) is 7.10. The average molecular weight is 229 g/mol. The van der Waals surface area contributed by atoms with Crippen LogP contribution in [0.5, 0.6) is 0 Å². The first-order valence-corrected chi connectivity index (χ1v) is 5.47. The van der Waals surface area contributed by atoms with Crippen LogP contribution in [0.1, 0.15) is 12.6 Å². The summed E-state index contributed by atoms with van der Waals surface area (Å²) < 4.78 is 1.78. The number of thioether (sulfide) groups is 1. The van der Waals surface area contributed by atoms with Crippen LogP contribution in [0.2, 0.25) is 0 Å². The Morgan fingerprint density at radius 3 is 2.93 bits per heavy atom. The largest absolute Gasteiger partial charge is 0.390 e. The molecule has 1 amide bonds. The van der Waals surface area contributed by atoms with Gasteiger partial charge in [0, 0.05) is 14.1 Å². The van der Waals surface area contributed by atoms with Gasteiger partial charge in [0.2, 0.25) is 5.91 Å². The third kappa shape index (κ3) is 2.73. The summed E-state index contributed by atoms with van der Waals surface area (Å²) >= 11 is 1.37. The molecule has 6 heteroatoms. The van der Waals surface area contributed by atoms with Gasteiger partial charge in [-0.2, -0.15) is 0 Å². The normalized spacial score (nSPS) is 12.5. The molecule has 1 unspecified atom stereocenters. The fourth-order valence-electron chi connectivity index (χ4n) is 1.10. The predicted octanol–water partition coefficient (Wildman–Crippen LogP) is 0.139. The van der Waals surface area contributed by atoms with E-state index in [0.717, 1.165) is 10.9 Å². The monoisotopic (exact) mass is 229 g/mol. The lowest BCUT2D eigenvalue weighted by Gasteiger charge is -2.09. The number of hydrogen-bond acceptors (Lipinski definition) is 4. The maximum atomic E-state index is 11.3. The van der Waals surface area contributed by atoms with Crippen LogP contribution in [0.3, 0.4) is 0 Å².